The van der Waals surface area contributed by atoms with Crippen molar-refractivity contribution in [1.29, 1.82) is 0 Å². The van der Waals surface area contributed by atoms with Gasteiger partial charge in [-0.2, -0.15) is 0 Å². The van der Waals surface area contributed by atoms with Crippen molar-refractivity contribution in [2.24, 2.45) is 5.41 Å². The lowest BCUT2D eigenvalue weighted by molar-refractivity contribution is 0.0669. The van der Waals surface area contributed by atoms with Crippen molar-refractivity contribution in [3.05, 3.63) is 35.4 Å². The van der Waals surface area contributed by atoms with Crippen molar-refractivity contribution in [3.63, 3.8) is 0 Å². The van der Waals surface area contributed by atoms with Crippen LogP contribution in [0.15, 0.2) is 24.3 Å². The highest BCUT2D eigenvalue weighted by molar-refractivity contribution is 6.02. The summed E-state index contributed by atoms with van der Waals surface area (Å²) in [5.41, 5.74) is 2.30. The number of ketones is 1. The van der Waals surface area contributed by atoms with Crippen molar-refractivity contribution in [1.82, 2.24) is 0 Å². The summed E-state index contributed by atoms with van der Waals surface area (Å²) in [7, 11) is 0. The fraction of sp³-hybridized carbons (Fsp3) is 0.533. The highest BCUT2D eigenvalue weighted by atomic mass is 16.1. The van der Waals surface area contributed by atoms with Gasteiger partial charge in [0.15, 0.2) is 5.78 Å². The van der Waals surface area contributed by atoms with Gasteiger partial charge in [0.25, 0.3) is 0 Å². The third-order valence-electron chi connectivity index (χ3n) is 4.43. The molecule has 1 aromatic carbocycles. The number of benzene rings is 1. The van der Waals surface area contributed by atoms with Crippen LogP contribution in [0.2, 0.25) is 0 Å². The molecule has 0 N–H and O–H groups in total. The van der Waals surface area contributed by atoms with Gasteiger partial charge in [-0.1, -0.05) is 43.5 Å². The van der Waals surface area contributed by atoms with Crippen LogP contribution in [0, 0.1) is 5.41 Å². The first-order valence-corrected chi connectivity index (χ1v) is 6.45. The van der Waals surface area contributed by atoms with Crippen molar-refractivity contribution in [2.45, 2.75) is 44.9 Å². The molecule has 0 heterocycles. The molecule has 1 heteroatoms. The Bertz CT molecular complexity index is 413. The Kier molecular flexibility index (Phi) is 2.34. The summed E-state index contributed by atoms with van der Waals surface area (Å²) in [6.07, 6.45) is 8.24. The van der Waals surface area contributed by atoms with E-state index < -0.39 is 0 Å². The van der Waals surface area contributed by atoms with E-state index in [-0.39, 0.29) is 5.41 Å². The third kappa shape index (κ3) is 1.41. The van der Waals surface area contributed by atoms with E-state index in [1.54, 1.807) is 0 Å². The maximum absolute atomic E-state index is 12.6. The smallest absolute Gasteiger partial charge is 0.169 e. The van der Waals surface area contributed by atoms with Crippen LogP contribution >= 0.6 is 0 Å². The van der Waals surface area contributed by atoms with E-state index in [4.69, 9.17) is 0 Å². The number of hydrogen-bond acceptors (Lipinski definition) is 1. The quantitative estimate of drug-likeness (QED) is 0.642. The van der Waals surface area contributed by atoms with Crippen LogP contribution in [0.25, 0.3) is 0 Å². The van der Waals surface area contributed by atoms with Gasteiger partial charge < -0.3 is 0 Å². The number of fused-ring (bicyclic) bond motifs is 1. The lowest BCUT2D eigenvalue weighted by atomic mass is 9.63. The number of carbonyl (C=O) groups excluding carboxylic acids is 1. The molecular weight excluding hydrogens is 196 g/mol. The second kappa shape index (κ2) is 3.73. The topological polar surface area (TPSA) is 17.1 Å². The first-order valence-electron chi connectivity index (χ1n) is 6.45. The first-order chi connectivity index (χ1) is 7.82. The molecule has 84 valence electrons. The van der Waals surface area contributed by atoms with Gasteiger partial charge in [-0.05, 0) is 31.2 Å². The minimum absolute atomic E-state index is 0.0204. The van der Waals surface area contributed by atoms with E-state index in [1.807, 2.05) is 18.2 Å². The van der Waals surface area contributed by atoms with Gasteiger partial charge in [-0.25, -0.2) is 0 Å². The van der Waals surface area contributed by atoms with E-state index >= 15 is 0 Å². The van der Waals surface area contributed by atoms with E-state index in [9.17, 15) is 4.79 Å². The summed E-state index contributed by atoms with van der Waals surface area (Å²) in [6.45, 7) is 0. The zero-order valence-corrected chi connectivity index (χ0v) is 9.67. The average Bonchev–Trinajstić information content (AvgIpc) is 2.36. The Hall–Kier alpha value is -1.11. The van der Waals surface area contributed by atoms with Crippen LogP contribution < -0.4 is 0 Å². The van der Waals surface area contributed by atoms with Gasteiger partial charge in [-0.3, -0.25) is 4.79 Å². The summed E-state index contributed by atoms with van der Waals surface area (Å²) >= 11 is 0. The van der Waals surface area contributed by atoms with Crippen molar-refractivity contribution >= 4 is 5.78 Å². The third-order valence-corrected chi connectivity index (χ3v) is 4.43. The van der Waals surface area contributed by atoms with E-state index in [1.165, 1.54) is 24.8 Å². The van der Waals surface area contributed by atoms with Crippen LogP contribution in [-0.2, 0) is 6.42 Å². The van der Waals surface area contributed by atoms with Gasteiger partial charge in [0.05, 0.1) is 0 Å². The molecule has 3 rings (SSSR count). The van der Waals surface area contributed by atoms with Crippen molar-refractivity contribution < 1.29 is 4.79 Å². The molecule has 0 radical (unpaired) electrons. The number of rotatable bonds is 0. The Morgan fingerprint density at radius 2 is 1.69 bits per heavy atom. The highest BCUT2D eigenvalue weighted by Gasteiger charge is 2.42. The molecule has 0 saturated heterocycles. The van der Waals surface area contributed by atoms with Crippen LogP contribution in [0.1, 0.15) is 54.4 Å². The summed E-state index contributed by atoms with van der Waals surface area (Å²) in [5, 5.41) is 0. The molecule has 0 bridgehead atoms. The molecule has 16 heavy (non-hydrogen) atoms. The number of Topliss-reactive ketones (excluding diaryl/α,β-unsaturated/α-hetero) is 1. The molecule has 1 saturated carbocycles. The molecule has 1 aromatic rings. The zero-order valence-electron chi connectivity index (χ0n) is 9.67. The van der Waals surface area contributed by atoms with E-state index in [0.717, 1.165) is 31.2 Å². The predicted molar refractivity (Wildman–Crippen MR) is 64.6 cm³/mol. The highest BCUT2D eigenvalue weighted by Crippen LogP contribution is 2.45. The lowest BCUT2D eigenvalue weighted by Gasteiger charge is -2.39. The first kappa shape index (κ1) is 10.1. The van der Waals surface area contributed by atoms with Gasteiger partial charge >= 0.3 is 0 Å². The molecule has 0 unspecified atom stereocenters. The maximum atomic E-state index is 12.6. The molecule has 0 aromatic heterocycles. The standard InChI is InChI=1S/C15H18O/c16-14-13-7-3-2-6-12(13)8-11-15(14)9-4-1-5-10-15/h2-3,6-7H,1,4-5,8-11H2. The zero-order chi connectivity index (χ0) is 11.0. The van der Waals surface area contributed by atoms with Crippen LogP contribution in [-0.4, -0.2) is 5.78 Å². The number of aryl methyl sites for hydroxylation is 1. The van der Waals surface area contributed by atoms with Crippen LogP contribution in [0.5, 0.6) is 0 Å². The fourth-order valence-corrected chi connectivity index (χ4v) is 3.44. The maximum Gasteiger partial charge on any atom is 0.169 e. The van der Waals surface area contributed by atoms with E-state index in [2.05, 4.69) is 6.07 Å². The number of hydrogen-bond donors (Lipinski definition) is 0. The fourth-order valence-electron chi connectivity index (χ4n) is 3.44. The molecule has 1 fully saturated rings. The van der Waals surface area contributed by atoms with Gasteiger partial charge in [0.2, 0.25) is 0 Å². The van der Waals surface area contributed by atoms with Crippen molar-refractivity contribution in [2.75, 3.05) is 0 Å². The molecule has 2 aliphatic carbocycles. The predicted octanol–water partition coefficient (Wildman–Crippen LogP) is 3.77. The number of carbonyl (C=O) groups is 1. The minimum atomic E-state index is 0.0204. The second-order valence-electron chi connectivity index (χ2n) is 5.33. The molecule has 0 amide bonds. The minimum Gasteiger partial charge on any atom is -0.294 e. The largest absolute Gasteiger partial charge is 0.294 e. The van der Waals surface area contributed by atoms with E-state index in [0.29, 0.717) is 5.78 Å². The van der Waals surface area contributed by atoms with Crippen molar-refractivity contribution in [3.8, 4) is 0 Å². The summed E-state index contributed by atoms with van der Waals surface area (Å²) in [6, 6.07) is 8.18. The molecule has 2 aliphatic rings. The molecule has 0 aliphatic heterocycles. The normalized spacial score (nSPS) is 23.1. The molecular formula is C15H18O. The Morgan fingerprint density at radius 3 is 2.50 bits per heavy atom. The monoisotopic (exact) mass is 214 g/mol. The Balaban J connectivity index is 2.00. The average molecular weight is 214 g/mol. The SMILES string of the molecule is O=C1c2ccccc2CCC12CCCCC2. The van der Waals surface area contributed by atoms with Gasteiger partial charge in [0, 0.05) is 11.0 Å². The van der Waals surface area contributed by atoms with Gasteiger partial charge in [0.1, 0.15) is 0 Å². The van der Waals surface area contributed by atoms with Crippen LogP contribution in [0.4, 0.5) is 0 Å². The molecule has 1 nitrogen and oxygen atoms in total. The Labute approximate surface area is 96.9 Å². The molecule has 0 atom stereocenters. The Morgan fingerprint density at radius 1 is 0.938 bits per heavy atom. The van der Waals surface area contributed by atoms with Gasteiger partial charge in [-0.15, -0.1) is 0 Å². The summed E-state index contributed by atoms with van der Waals surface area (Å²) in [4.78, 5) is 12.6. The molecule has 1 spiro atoms. The second-order valence-corrected chi connectivity index (χ2v) is 5.33. The summed E-state index contributed by atoms with van der Waals surface area (Å²) in [5.74, 6) is 0.439. The van der Waals surface area contributed by atoms with Crippen LogP contribution in [0.3, 0.4) is 0 Å². The summed E-state index contributed by atoms with van der Waals surface area (Å²) < 4.78 is 0. The lowest BCUT2D eigenvalue weighted by Crippen LogP contribution is -2.37.